The zero-order valence-corrected chi connectivity index (χ0v) is 13.8. The molecule has 0 aromatic carbocycles. The van der Waals surface area contributed by atoms with Crippen LogP contribution in [-0.2, 0) is 6.54 Å². The number of likely N-dealkylation sites (N-methyl/N-ethyl adjacent to an activating group) is 1. The van der Waals surface area contributed by atoms with Gasteiger partial charge >= 0.3 is 0 Å². The van der Waals surface area contributed by atoms with Crippen LogP contribution < -0.4 is 5.73 Å². The van der Waals surface area contributed by atoms with Crippen molar-refractivity contribution in [1.82, 2.24) is 14.7 Å². The highest BCUT2D eigenvalue weighted by Crippen LogP contribution is 2.29. The monoisotopic (exact) mass is 342 g/mol. The molecular weight excluding hydrogens is 320 g/mol. The van der Waals surface area contributed by atoms with Crippen LogP contribution >= 0.6 is 15.9 Å². The summed E-state index contributed by atoms with van der Waals surface area (Å²) in [5.41, 5.74) is 6.70. The van der Waals surface area contributed by atoms with Gasteiger partial charge in [0.25, 0.3) is 0 Å². The number of halogens is 1. The number of carbonyl (C=O) groups is 1. The number of nitrogens with two attached hydrogens (primary N) is 1. The van der Waals surface area contributed by atoms with Crippen LogP contribution in [0.1, 0.15) is 36.2 Å². The minimum atomic E-state index is 0.0462. The van der Waals surface area contributed by atoms with E-state index in [4.69, 9.17) is 5.73 Å². The third-order valence-electron chi connectivity index (χ3n) is 3.87. The second kappa shape index (κ2) is 6.83. The van der Waals surface area contributed by atoms with E-state index in [2.05, 4.69) is 25.9 Å². The van der Waals surface area contributed by atoms with Gasteiger partial charge in [-0.1, -0.05) is 6.42 Å². The van der Waals surface area contributed by atoms with Crippen LogP contribution in [0.25, 0.3) is 0 Å². The van der Waals surface area contributed by atoms with E-state index in [1.807, 2.05) is 18.8 Å². The summed E-state index contributed by atoms with van der Waals surface area (Å²) in [5, 5.41) is 4.31. The molecule has 2 rings (SSSR count). The molecule has 0 saturated heterocycles. The van der Waals surface area contributed by atoms with Crippen molar-refractivity contribution in [2.45, 2.75) is 38.3 Å². The molecule has 1 aliphatic carbocycles. The predicted octanol–water partition coefficient (Wildman–Crippen LogP) is 1.91. The van der Waals surface area contributed by atoms with E-state index in [1.165, 1.54) is 0 Å². The summed E-state index contributed by atoms with van der Waals surface area (Å²) in [7, 11) is 4.03. The average Bonchev–Trinajstić information content (AvgIpc) is 2.76. The first-order valence-electron chi connectivity index (χ1n) is 7.15. The molecule has 1 aromatic heterocycles. The van der Waals surface area contributed by atoms with E-state index in [0.717, 1.165) is 43.2 Å². The van der Waals surface area contributed by atoms with E-state index in [9.17, 15) is 4.79 Å². The van der Waals surface area contributed by atoms with Crippen LogP contribution in [0, 0.1) is 5.92 Å². The Morgan fingerprint density at radius 2 is 2.30 bits per heavy atom. The molecule has 1 aromatic rings. The van der Waals surface area contributed by atoms with Gasteiger partial charge < -0.3 is 10.6 Å². The molecule has 0 bridgehead atoms. The molecule has 112 valence electrons. The smallest absolute Gasteiger partial charge is 0.185 e. The Labute approximate surface area is 128 Å². The molecule has 5 nitrogen and oxygen atoms in total. The Hall–Kier alpha value is -0.720. The molecule has 0 spiro atoms. The standard InChI is InChI=1S/C14H23BrN4O/c1-18(2)6-7-19-13(12(15)9-17-19)14(20)10-4-3-5-11(16)8-10/h9-11H,3-8,16H2,1-2H3. The number of hydrogen-bond donors (Lipinski definition) is 1. The summed E-state index contributed by atoms with van der Waals surface area (Å²) >= 11 is 3.46. The maximum atomic E-state index is 12.7. The maximum absolute atomic E-state index is 12.7. The summed E-state index contributed by atoms with van der Waals surface area (Å²) < 4.78 is 2.60. The Balaban J connectivity index is 2.14. The summed E-state index contributed by atoms with van der Waals surface area (Å²) in [5.74, 6) is 0.230. The normalized spacial score (nSPS) is 23.2. The fourth-order valence-corrected chi connectivity index (χ4v) is 3.22. The highest BCUT2D eigenvalue weighted by molar-refractivity contribution is 9.10. The lowest BCUT2D eigenvalue weighted by molar-refractivity contribution is 0.0868. The lowest BCUT2D eigenvalue weighted by Gasteiger charge is -2.25. The van der Waals surface area contributed by atoms with Crippen molar-refractivity contribution >= 4 is 21.7 Å². The van der Waals surface area contributed by atoms with Gasteiger partial charge in [0.2, 0.25) is 0 Å². The first kappa shape index (κ1) is 15.7. The van der Waals surface area contributed by atoms with Gasteiger partial charge in [-0.15, -0.1) is 0 Å². The quantitative estimate of drug-likeness (QED) is 0.830. The van der Waals surface area contributed by atoms with E-state index in [0.29, 0.717) is 5.69 Å². The van der Waals surface area contributed by atoms with Gasteiger partial charge in [-0.3, -0.25) is 9.48 Å². The summed E-state index contributed by atoms with van der Waals surface area (Å²) in [4.78, 5) is 14.8. The summed E-state index contributed by atoms with van der Waals surface area (Å²) in [6.45, 7) is 1.58. The van der Waals surface area contributed by atoms with Crippen LogP contribution in [0.15, 0.2) is 10.7 Å². The van der Waals surface area contributed by atoms with Gasteiger partial charge in [0.1, 0.15) is 5.69 Å². The number of rotatable bonds is 5. The Morgan fingerprint density at radius 3 is 2.95 bits per heavy atom. The lowest BCUT2D eigenvalue weighted by Crippen LogP contribution is -2.33. The van der Waals surface area contributed by atoms with Crippen molar-refractivity contribution in [1.29, 1.82) is 0 Å². The largest absolute Gasteiger partial charge is 0.328 e. The van der Waals surface area contributed by atoms with E-state index >= 15 is 0 Å². The van der Waals surface area contributed by atoms with E-state index < -0.39 is 0 Å². The second-order valence-electron chi connectivity index (χ2n) is 5.86. The highest BCUT2D eigenvalue weighted by atomic mass is 79.9. The maximum Gasteiger partial charge on any atom is 0.185 e. The molecule has 1 saturated carbocycles. The average molecular weight is 343 g/mol. The van der Waals surface area contributed by atoms with Crippen molar-refractivity contribution < 1.29 is 4.79 Å². The van der Waals surface area contributed by atoms with Crippen molar-refractivity contribution in [3.05, 3.63) is 16.4 Å². The summed E-state index contributed by atoms with van der Waals surface area (Å²) in [6.07, 6.45) is 5.53. The number of aromatic nitrogens is 2. The first-order chi connectivity index (χ1) is 9.49. The molecule has 20 heavy (non-hydrogen) atoms. The topological polar surface area (TPSA) is 64.2 Å². The molecule has 0 amide bonds. The van der Waals surface area contributed by atoms with Gasteiger partial charge in [0.15, 0.2) is 5.78 Å². The molecule has 2 atom stereocenters. The van der Waals surface area contributed by atoms with Gasteiger partial charge in [-0.2, -0.15) is 5.10 Å². The fraction of sp³-hybridized carbons (Fsp3) is 0.714. The molecule has 1 fully saturated rings. The van der Waals surface area contributed by atoms with Crippen LogP contribution in [0.3, 0.4) is 0 Å². The minimum absolute atomic E-state index is 0.0462. The van der Waals surface area contributed by atoms with Crippen LogP contribution in [0.4, 0.5) is 0 Å². The third-order valence-corrected chi connectivity index (χ3v) is 4.45. The first-order valence-corrected chi connectivity index (χ1v) is 7.94. The molecule has 1 aliphatic rings. The minimum Gasteiger partial charge on any atom is -0.328 e. The molecule has 1 heterocycles. The number of ketones is 1. The fourth-order valence-electron chi connectivity index (χ4n) is 2.73. The van der Waals surface area contributed by atoms with E-state index in [-0.39, 0.29) is 17.7 Å². The van der Waals surface area contributed by atoms with Gasteiger partial charge in [0, 0.05) is 18.5 Å². The molecule has 0 radical (unpaired) electrons. The molecule has 2 unspecified atom stereocenters. The van der Waals surface area contributed by atoms with Gasteiger partial charge in [-0.25, -0.2) is 0 Å². The number of hydrogen-bond acceptors (Lipinski definition) is 4. The summed E-state index contributed by atoms with van der Waals surface area (Å²) in [6, 6.07) is 0.162. The Morgan fingerprint density at radius 1 is 1.55 bits per heavy atom. The molecular formula is C14H23BrN4O. The van der Waals surface area contributed by atoms with Crippen LogP contribution in [0.5, 0.6) is 0 Å². The van der Waals surface area contributed by atoms with Crippen LogP contribution in [0.2, 0.25) is 0 Å². The third kappa shape index (κ3) is 3.68. The SMILES string of the molecule is CN(C)CCn1ncc(Br)c1C(=O)C1CCCC(N)C1. The zero-order chi connectivity index (χ0) is 14.7. The van der Waals surface area contributed by atoms with Crippen LogP contribution in [-0.4, -0.2) is 47.1 Å². The van der Waals surface area contributed by atoms with Crippen molar-refractivity contribution in [2.75, 3.05) is 20.6 Å². The molecule has 6 heteroatoms. The number of nitrogens with zero attached hydrogens (tertiary/aromatic N) is 3. The highest BCUT2D eigenvalue weighted by Gasteiger charge is 2.29. The van der Waals surface area contributed by atoms with Gasteiger partial charge in [-0.05, 0) is 49.3 Å². The molecule has 2 N–H and O–H groups in total. The van der Waals surface area contributed by atoms with Crippen molar-refractivity contribution in [3.8, 4) is 0 Å². The Bertz CT molecular complexity index is 472. The van der Waals surface area contributed by atoms with E-state index in [1.54, 1.807) is 6.20 Å². The zero-order valence-electron chi connectivity index (χ0n) is 12.2. The predicted molar refractivity (Wildman–Crippen MR) is 82.7 cm³/mol. The number of carbonyl (C=O) groups excluding carboxylic acids is 1. The van der Waals surface area contributed by atoms with Crippen molar-refractivity contribution in [3.63, 3.8) is 0 Å². The Kier molecular flexibility index (Phi) is 5.35. The van der Waals surface area contributed by atoms with Gasteiger partial charge in [0.05, 0.1) is 17.2 Å². The second-order valence-corrected chi connectivity index (χ2v) is 6.71. The number of Topliss-reactive ketones (excluding diaryl/α,β-unsaturated/α-hetero) is 1. The van der Waals surface area contributed by atoms with Crippen molar-refractivity contribution in [2.24, 2.45) is 11.7 Å². The lowest BCUT2D eigenvalue weighted by atomic mass is 9.82. The molecule has 0 aliphatic heterocycles.